The topological polar surface area (TPSA) is 35.5 Å². The van der Waals surface area contributed by atoms with E-state index in [4.69, 9.17) is 9.47 Å². The first-order chi connectivity index (χ1) is 11.8. The molecule has 24 heavy (non-hydrogen) atoms. The summed E-state index contributed by atoms with van der Waals surface area (Å²) in [4.78, 5) is 12.9. The zero-order chi connectivity index (χ0) is 16.5. The fourth-order valence-corrected chi connectivity index (χ4v) is 3.79. The van der Waals surface area contributed by atoms with E-state index in [1.165, 1.54) is 0 Å². The molecule has 0 saturated carbocycles. The van der Waals surface area contributed by atoms with Gasteiger partial charge in [0, 0.05) is 20.9 Å². The van der Waals surface area contributed by atoms with E-state index in [9.17, 15) is 4.79 Å². The van der Waals surface area contributed by atoms with Gasteiger partial charge in [0.1, 0.15) is 17.2 Å². The lowest BCUT2D eigenvalue weighted by Gasteiger charge is -2.10. The van der Waals surface area contributed by atoms with Crippen LogP contribution in [0.4, 0.5) is 0 Å². The van der Waals surface area contributed by atoms with Crippen LogP contribution in [0.5, 0.6) is 17.2 Å². The Kier molecular flexibility index (Phi) is 3.67. The average Bonchev–Trinajstić information content (AvgIpc) is 2.62. The lowest BCUT2D eigenvalue weighted by molar-refractivity contribution is 0.409. The molecule has 3 aromatic carbocycles. The normalized spacial score (nSPS) is 10.9. The molecule has 1 heterocycles. The highest BCUT2D eigenvalue weighted by molar-refractivity contribution is 7.24. The molecule has 1 aromatic heterocycles. The Morgan fingerprint density at radius 1 is 0.833 bits per heavy atom. The van der Waals surface area contributed by atoms with Crippen LogP contribution in [0.2, 0.25) is 0 Å². The summed E-state index contributed by atoms with van der Waals surface area (Å²) in [6, 6.07) is 20.7. The van der Waals surface area contributed by atoms with E-state index in [0.717, 1.165) is 14.8 Å². The Balaban J connectivity index is 1.92. The molecule has 0 aliphatic heterocycles. The highest BCUT2D eigenvalue weighted by Crippen LogP contribution is 2.33. The van der Waals surface area contributed by atoms with Crippen molar-refractivity contribution in [3.05, 3.63) is 77.0 Å². The highest BCUT2D eigenvalue weighted by Gasteiger charge is 2.11. The number of fused-ring (bicyclic) bond motifs is 2. The molecule has 0 aliphatic rings. The summed E-state index contributed by atoms with van der Waals surface area (Å²) < 4.78 is 13.1. The van der Waals surface area contributed by atoms with Crippen molar-refractivity contribution in [1.29, 1.82) is 0 Å². The number of ether oxygens (including phenoxy) is 2. The van der Waals surface area contributed by atoms with Gasteiger partial charge in [-0.25, -0.2) is 0 Å². The lowest BCUT2D eigenvalue weighted by Crippen LogP contribution is -2.02. The summed E-state index contributed by atoms with van der Waals surface area (Å²) >= 11 is 1.59. The van der Waals surface area contributed by atoms with Gasteiger partial charge in [0.15, 0.2) is 5.43 Å². The van der Waals surface area contributed by atoms with Gasteiger partial charge in [0.05, 0.1) is 12.5 Å². The molecule has 0 spiro atoms. The molecule has 0 N–H and O–H groups in total. The molecule has 0 radical (unpaired) electrons. The van der Waals surface area contributed by atoms with Gasteiger partial charge in [-0.05, 0) is 36.4 Å². The number of benzene rings is 3. The summed E-state index contributed by atoms with van der Waals surface area (Å²) in [5, 5.41) is 1.33. The second-order valence-electron chi connectivity index (χ2n) is 5.34. The van der Waals surface area contributed by atoms with Crippen molar-refractivity contribution < 1.29 is 9.47 Å². The number of hydrogen-bond acceptors (Lipinski definition) is 4. The van der Waals surface area contributed by atoms with Crippen molar-refractivity contribution in [1.82, 2.24) is 0 Å². The molecule has 0 amide bonds. The second-order valence-corrected chi connectivity index (χ2v) is 6.42. The van der Waals surface area contributed by atoms with Gasteiger partial charge in [-0.2, -0.15) is 0 Å². The third kappa shape index (κ3) is 2.51. The zero-order valence-electron chi connectivity index (χ0n) is 13.0. The summed E-state index contributed by atoms with van der Waals surface area (Å²) in [5.74, 6) is 1.91. The van der Waals surface area contributed by atoms with Crippen LogP contribution in [-0.4, -0.2) is 7.11 Å². The smallest absolute Gasteiger partial charge is 0.199 e. The maximum absolute atomic E-state index is 12.9. The maximum atomic E-state index is 12.9. The Morgan fingerprint density at radius 3 is 2.46 bits per heavy atom. The second kappa shape index (κ2) is 5.98. The van der Waals surface area contributed by atoms with E-state index in [0.29, 0.717) is 22.6 Å². The Bertz CT molecular complexity index is 1100. The van der Waals surface area contributed by atoms with Gasteiger partial charge < -0.3 is 9.47 Å². The summed E-state index contributed by atoms with van der Waals surface area (Å²) in [7, 11) is 1.61. The minimum absolute atomic E-state index is 0.00199. The Morgan fingerprint density at radius 2 is 1.58 bits per heavy atom. The summed E-state index contributed by atoms with van der Waals surface area (Å²) in [6.45, 7) is 0. The van der Waals surface area contributed by atoms with Crippen LogP contribution in [0.3, 0.4) is 0 Å². The minimum Gasteiger partial charge on any atom is -0.497 e. The van der Waals surface area contributed by atoms with Gasteiger partial charge in [0.2, 0.25) is 0 Å². The third-order valence-electron chi connectivity index (χ3n) is 3.84. The molecule has 0 fully saturated rings. The molecule has 4 heteroatoms. The van der Waals surface area contributed by atoms with E-state index < -0.39 is 0 Å². The predicted octanol–water partition coefficient (Wildman–Crippen LogP) is 5.22. The van der Waals surface area contributed by atoms with E-state index >= 15 is 0 Å². The molecule has 0 aliphatic carbocycles. The monoisotopic (exact) mass is 334 g/mol. The van der Waals surface area contributed by atoms with Crippen molar-refractivity contribution in [2.45, 2.75) is 0 Å². The molecule has 0 saturated heterocycles. The molecule has 0 atom stereocenters. The predicted molar refractivity (Wildman–Crippen MR) is 98.7 cm³/mol. The molecular weight excluding hydrogens is 320 g/mol. The van der Waals surface area contributed by atoms with E-state index in [1.54, 1.807) is 24.5 Å². The number of methoxy groups -OCH3 is 1. The first-order valence-corrected chi connectivity index (χ1v) is 8.34. The quantitative estimate of drug-likeness (QED) is 0.482. The van der Waals surface area contributed by atoms with Crippen molar-refractivity contribution in [2.75, 3.05) is 7.11 Å². The van der Waals surface area contributed by atoms with Gasteiger partial charge in [-0.1, -0.05) is 24.3 Å². The van der Waals surface area contributed by atoms with Crippen LogP contribution < -0.4 is 14.9 Å². The number of hydrogen-bond donors (Lipinski definition) is 0. The molecule has 3 nitrogen and oxygen atoms in total. The SMILES string of the molecule is COc1cccc(Oc2cccc3sc4ccccc4c(=O)c23)c1. The standard InChI is InChI=1S/C20H14O3S/c1-22-13-6-4-7-14(12-13)23-16-9-5-11-18-19(16)20(21)15-8-2-3-10-17(15)24-18/h2-12H,1H3. The Hall–Kier alpha value is -2.85. The van der Waals surface area contributed by atoms with Crippen molar-refractivity contribution >= 4 is 31.5 Å². The first kappa shape index (κ1) is 14.7. The van der Waals surface area contributed by atoms with Gasteiger partial charge in [0.25, 0.3) is 0 Å². The third-order valence-corrected chi connectivity index (χ3v) is 4.97. The van der Waals surface area contributed by atoms with Crippen molar-refractivity contribution in [3.8, 4) is 17.2 Å². The zero-order valence-corrected chi connectivity index (χ0v) is 13.8. The van der Waals surface area contributed by atoms with Gasteiger partial charge in [-0.3, -0.25) is 4.79 Å². The highest BCUT2D eigenvalue weighted by atomic mass is 32.1. The molecule has 4 aromatic rings. The molecule has 118 valence electrons. The molecule has 0 unspecified atom stereocenters. The fraction of sp³-hybridized carbons (Fsp3) is 0.0500. The van der Waals surface area contributed by atoms with Crippen molar-refractivity contribution in [2.24, 2.45) is 0 Å². The first-order valence-electron chi connectivity index (χ1n) is 7.53. The summed E-state index contributed by atoms with van der Waals surface area (Å²) in [6.07, 6.45) is 0. The summed E-state index contributed by atoms with van der Waals surface area (Å²) in [5.41, 5.74) is -0.00199. The minimum atomic E-state index is -0.00199. The van der Waals surface area contributed by atoms with E-state index in [1.807, 2.05) is 60.7 Å². The lowest BCUT2D eigenvalue weighted by atomic mass is 10.1. The van der Waals surface area contributed by atoms with Crippen LogP contribution in [0.1, 0.15) is 0 Å². The van der Waals surface area contributed by atoms with Gasteiger partial charge in [-0.15, -0.1) is 11.3 Å². The van der Waals surface area contributed by atoms with Gasteiger partial charge >= 0.3 is 0 Å². The average molecular weight is 334 g/mol. The molecular formula is C20H14O3S. The molecule has 4 rings (SSSR count). The van der Waals surface area contributed by atoms with Crippen molar-refractivity contribution in [3.63, 3.8) is 0 Å². The Labute approximate surface area is 142 Å². The van der Waals surface area contributed by atoms with Crippen LogP contribution in [0, 0.1) is 0 Å². The largest absolute Gasteiger partial charge is 0.497 e. The van der Waals surface area contributed by atoms with Crippen LogP contribution >= 0.6 is 11.3 Å². The van der Waals surface area contributed by atoms with Crippen LogP contribution in [-0.2, 0) is 0 Å². The van der Waals surface area contributed by atoms with E-state index in [-0.39, 0.29) is 5.43 Å². The fourth-order valence-electron chi connectivity index (χ4n) is 2.69. The number of rotatable bonds is 3. The van der Waals surface area contributed by atoms with Crippen LogP contribution in [0.15, 0.2) is 71.5 Å². The van der Waals surface area contributed by atoms with Crippen LogP contribution in [0.25, 0.3) is 20.2 Å². The maximum Gasteiger partial charge on any atom is 0.199 e. The van der Waals surface area contributed by atoms with E-state index in [2.05, 4.69) is 0 Å². The molecule has 0 bridgehead atoms.